The van der Waals surface area contributed by atoms with E-state index in [1.807, 2.05) is 25.5 Å². The third-order valence-electron chi connectivity index (χ3n) is 4.79. The number of halogens is 3. The summed E-state index contributed by atoms with van der Waals surface area (Å²) in [5.41, 5.74) is 2.51. The number of aromatic nitrogens is 4. The Hall–Kier alpha value is -3.56. The van der Waals surface area contributed by atoms with Gasteiger partial charge in [0.05, 0.1) is 17.4 Å². The molecule has 7 nitrogen and oxygen atoms in total. The van der Waals surface area contributed by atoms with Crippen molar-refractivity contribution in [3.63, 3.8) is 0 Å². The summed E-state index contributed by atoms with van der Waals surface area (Å²) in [4.78, 5) is 16.6. The second kappa shape index (κ2) is 7.60. The fourth-order valence-electron chi connectivity index (χ4n) is 3.49. The molecule has 0 aliphatic heterocycles. The maximum atomic E-state index is 12.5. The Bertz CT molecular complexity index is 1270. The van der Waals surface area contributed by atoms with Crippen LogP contribution in [-0.4, -0.2) is 37.6 Å². The van der Waals surface area contributed by atoms with Crippen molar-refractivity contribution >= 4 is 27.7 Å². The molecule has 0 atom stereocenters. The van der Waals surface area contributed by atoms with Crippen LogP contribution in [0.2, 0.25) is 0 Å². The summed E-state index contributed by atoms with van der Waals surface area (Å²) in [6.45, 7) is 4.10. The number of nitrogens with one attached hydrogen (secondary N) is 1. The van der Waals surface area contributed by atoms with Crippen LogP contribution in [0, 0.1) is 0 Å². The zero-order valence-electron chi connectivity index (χ0n) is 17.1. The van der Waals surface area contributed by atoms with E-state index in [4.69, 9.17) is 0 Å². The second-order valence-corrected chi connectivity index (χ2v) is 7.51. The van der Waals surface area contributed by atoms with E-state index in [1.54, 1.807) is 29.1 Å². The standard InChI is InChI=1S/C21H20F3N5O2/c1-12(2)26-20(30)19-16-11-29(27-17(16)6-7-25-19)10-14-8-13-9-15(31-21(22,23)24)4-5-18(13)28(14)3/h4-9,11-12H,10H2,1-3H3,(H,26,30). The first-order chi connectivity index (χ1) is 14.6. The smallest absolute Gasteiger partial charge is 0.406 e. The molecule has 31 heavy (non-hydrogen) atoms. The molecule has 4 rings (SSSR count). The zero-order chi connectivity index (χ0) is 22.3. The van der Waals surface area contributed by atoms with E-state index in [-0.39, 0.29) is 17.7 Å². The number of hydrogen-bond donors (Lipinski definition) is 1. The maximum Gasteiger partial charge on any atom is 0.573 e. The van der Waals surface area contributed by atoms with Crippen molar-refractivity contribution in [2.75, 3.05) is 0 Å². The summed E-state index contributed by atoms with van der Waals surface area (Å²) in [6, 6.07) is 7.70. The Labute approximate surface area is 175 Å². The number of carbonyl (C=O) groups is 1. The van der Waals surface area contributed by atoms with E-state index in [1.165, 1.54) is 18.3 Å². The Morgan fingerprint density at radius 2 is 2.00 bits per heavy atom. The van der Waals surface area contributed by atoms with E-state index in [0.717, 1.165) is 11.2 Å². The molecule has 162 valence electrons. The van der Waals surface area contributed by atoms with Crippen LogP contribution < -0.4 is 10.1 Å². The summed E-state index contributed by atoms with van der Waals surface area (Å²) >= 11 is 0. The van der Waals surface area contributed by atoms with Crippen LogP contribution in [0.1, 0.15) is 30.0 Å². The van der Waals surface area contributed by atoms with Crippen molar-refractivity contribution in [1.29, 1.82) is 0 Å². The molecule has 0 aliphatic rings. The lowest BCUT2D eigenvalue weighted by atomic mass is 10.2. The van der Waals surface area contributed by atoms with Gasteiger partial charge in [0.25, 0.3) is 5.91 Å². The lowest BCUT2D eigenvalue weighted by molar-refractivity contribution is -0.274. The molecule has 0 spiro atoms. The number of hydrogen-bond acceptors (Lipinski definition) is 4. The van der Waals surface area contributed by atoms with Gasteiger partial charge in [-0.2, -0.15) is 5.10 Å². The highest BCUT2D eigenvalue weighted by atomic mass is 19.4. The first kappa shape index (κ1) is 20.7. The molecule has 0 saturated carbocycles. The maximum absolute atomic E-state index is 12.5. The van der Waals surface area contributed by atoms with Gasteiger partial charge >= 0.3 is 6.36 Å². The summed E-state index contributed by atoms with van der Waals surface area (Å²) < 4.78 is 45.1. The van der Waals surface area contributed by atoms with Gasteiger partial charge in [0, 0.05) is 42.1 Å². The van der Waals surface area contributed by atoms with Crippen LogP contribution >= 0.6 is 0 Å². The van der Waals surface area contributed by atoms with Crippen LogP contribution in [0.5, 0.6) is 5.75 Å². The van der Waals surface area contributed by atoms with Gasteiger partial charge in [0.15, 0.2) is 0 Å². The van der Waals surface area contributed by atoms with Crippen molar-refractivity contribution in [3.8, 4) is 5.75 Å². The number of alkyl halides is 3. The van der Waals surface area contributed by atoms with Gasteiger partial charge < -0.3 is 14.6 Å². The number of amides is 1. The highest BCUT2D eigenvalue weighted by molar-refractivity contribution is 6.04. The van der Waals surface area contributed by atoms with E-state index < -0.39 is 6.36 Å². The molecular weight excluding hydrogens is 411 g/mol. The molecule has 4 aromatic rings. The SMILES string of the molecule is CC(C)NC(=O)c1nccc2nn(Cc3cc4cc(OC(F)(F)F)ccc4n3C)cc12. The fraction of sp³-hybridized carbons (Fsp3) is 0.286. The number of rotatable bonds is 5. The first-order valence-electron chi connectivity index (χ1n) is 9.58. The van der Waals surface area contributed by atoms with Crippen molar-refractivity contribution in [2.24, 2.45) is 7.05 Å². The summed E-state index contributed by atoms with van der Waals surface area (Å²) in [7, 11) is 1.83. The van der Waals surface area contributed by atoms with Gasteiger partial charge in [-0.3, -0.25) is 14.5 Å². The number of aryl methyl sites for hydroxylation is 1. The van der Waals surface area contributed by atoms with Crippen molar-refractivity contribution < 1.29 is 22.7 Å². The topological polar surface area (TPSA) is 74.0 Å². The molecular formula is C21H20F3N5O2. The van der Waals surface area contributed by atoms with Gasteiger partial charge in [-0.05, 0) is 44.2 Å². The summed E-state index contributed by atoms with van der Waals surface area (Å²) in [5.74, 6) is -0.546. The van der Waals surface area contributed by atoms with Crippen LogP contribution in [0.3, 0.4) is 0 Å². The van der Waals surface area contributed by atoms with Crippen LogP contribution in [0.25, 0.3) is 21.8 Å². The van der Waals surface area contributed by atoms with Crippen LogP contribution in [0.4, 0.5) is 13.2 Å². The highest BCUT2D eigenvalue weighted by Gasteiger charge is 2.31. The molecule has 0 fully saturated rings. The normalized spacial score (nSPS) is 12.1. The Morgan fingerprint density at radius 1 is 1.23 bits per heavy atom. The van der Waals surface area contributed by atoms with Crippen molar-refractivity contribution in [2.45, 2.75) is 32.8 Å². The Balaban J connectivity index is 1.66. The molecule has 0 aliphatic carbocycles. The Kier molecular flexibility index (Phi) is 5.08. The predicted molar refractivity (Wildman–Crippen MR) is 109 cm³/mol. The van der Waals surface area contributed by atoms with E-state index in [2.05, 4.69) is 20.1 Å². The van der Waals surface area contributed by atoms with Crippen LogP contribution in [-0.2, 0) is 13.6 Å². The molecule has 0 bridgehead atoms. The zero-order valence-corrected chi connectivity index (χ0v) is 17.1. The number of benzene rings is 1. The summed E-state index contributed by atoms with van der Waals surface area (Å²) in [5, 5.41) is 8.59. The van der Waals surface area contributed by atoms with E-state index in [0.29, 0.717) is 28.5 Å². The minimum Gasteiger partial charge on any atom is -0.406 e. The minimum absolute atomic E-state index is 0.0263. The third-order valence-corrected chi connectivity index (χ3v) is 4.79. The van der Waals surface area contributed by atoms with Crippen LogP contribution in [0.15, 0.2) is 42.7 Å². The molecule has 0 unspecified atom stereocenters. The highest BCUT2D eigenvalue weighted by Crippen LogP contribution is 2.28. The monoisotopic (exact) mass is 431 g/mol. The molecule has 1 amide bonds. The number of fused-ring (bicyclic) bond motifs is 2. The second-order valence-electron chi connectivity index (χ2n) is 7.51. The molecule has 3 aromatic heterocycles. The van der Waals surface area contributed by atoms with E-state index >= 15 is 0 Å². The minimum atomic E-state index is -4.74. The van der Waals surface area contributed by atoms with Gasteiger partial charge in [-0.1, -0.05) is 0 Å². The van der Waals surface area contributed by atoms with E-state index in [9.17, 15) is 18.0 Å². The molecule has 1 N–H and O–H groups in total. The lowest BCUT2D eigenvalue weighted by Gasteiger charge is -2.08. The molecule has 0 saturated heterocycles. The number of carbonyl (C=O) groups excluding carboxylic acids is 1. The molecule has 3 heterocycles. The number of pyridine rings is 1. The predicted octanol–water partition coefficient (Wildman–Crippen LogP) is 4.01. The number of nitrogens with zero attached hydrogens (tertiary/aromatic N) is 4. The quantitative estimate of drug-likeness (QED) is 0.518. The van der Waals surface area contributed by atoms with Crippen molar-refractivity contribution in [1.82, 2.24) is 24.6 Å². The first-order valence-corrected chi connectivity index (χ1v) is 9.58. The average molecular weight is 431 g/mol. The molecule has 10 heteroatoms. The summed E-state index contributed by atoms with van der Waals surface area (Å²) in [6.07, 6.45) is -1.46. The molecule has 0 radical (unpaired) electrons. The van der Waals surface area contributed by atoms with Gasteiger partial charge in [-0.25, -0.2) is 0 Å². The molecule has 1 aromatic carbocycles. The largest absolute Gasteiger partial charge is 0.573 e. The van der Waals surface area contributed by atoms with Gasteiger partial charge in [-0.15, -0.1) is 13.2 Å². The third kappa shape index (κ3) is 4.32. The Morgan fingerprint density at radius 3 is 2.71 bits per heavy atom. The van der Waals surface area contributed by atoms with Gasteiger partial charge in [0.2, 0.25) is 0 Å². The van der Waals surface area contributed by atoms with Crippen molar-refractivity contribution in [3.05, 3.63) is 54.1 Å². The fourth-order valence-corrected chi connectivity index (χ4v) is 3.49. The van der Waals surface area contributed by atoms with Gasteiger partial charge in [0.1, 0.15) is 11.4 Å². The average Bonchev–Trinajstić information content (AvgIpc) is 3.20. The number of ether oxygens (including phenoxy) is 1. The lowest BCUT2D eigenvalue weighted by Crippen LogP contribution is -2.30.